The first kappa shape index (κ1) is 20.2. The van der Waals surface area contributed by atoms with Crippen LogP contribution in [0.1, 0.15) is 75.1 Å². The third-order valence-corrected chi connectivity index (χ3v) is 8.44. The van der Waals surface area contributed by atoms with Gasteiger partial charge < -0.3 is 5.32 Å². The zero-order chi connectivity index (χ0) is 20.8. The summed E-state index contributed by atoms with van der Waals surface area (Å²) in [6.45, 7) is 6.65. The van der Waals surface area contributed by atoms with E-state index in [9.17, 15) is 4.79 Å². The van der Waals surface area contributed by atoms with Crippen LogP contribution in [0, 0.1) is 5.92 Å². The topological polar surface area (TPSA) is 72.2 Å². The molecule has 6 nitrogen and oxygen atoms in total. The molecule has 1 N–H and O–H groups in total. The minimum absolute atomic E-state index is 0.0886. The maximum Gasteiger partial charge on any atom is 0.230 e. The van der Waals surface area contributed by atoms with Gasteiger partial charge in [0.1, 0.15) is 10.7 Å². The van der Waals surface area contributed by atoms with Crippen molar-refractivity contribution in [3.63, 3.8) is 0 Å². The molecule has 0 unspecified atom stereocenters. The maximum atomic E-state index is 12.4. The van der Waals surface area contributed by atoms with E-state index in [1.54, 1.807) is 0 Å². The van der Waals surface area contributed by atoms with Crippen molar-refractivity contribution in [1.82, 2.24) is 24.9 Å². The number of thiophene rings is 1. The molecule has 2 aliphatic rings. The van der Waals surface area contributed by atoms with Crippen LogP contribution in [0.2, 0.25) is 0 Å². The molecule has 3 aromatic heterocycles. The summed E-state index contributed by atoms with van der Waals surface area (Å²) in [5, 5.41) is 14.2. The van der Waals surface area contributed by atoms with Crippen molar-refractivity contribution in [2.75, 3.05) is 5.75 Å². The lowest BCUT2D eigenvalue weighted by Crippen LogP contribution is -2.33. The van der Waals surface area contributed by atoms with Gasteiger partial charge in [0.15, 0.2) is 10.8 Å². The average Bonchev–Trinajstić information content (AvgIpc) is 3.43. The van der Waals surface area contributed by atoms with Gasteiger partial charge in [-0.15, -0.1) is 21.5 Å². The Morgan fingerprint density at radius 1 is 1.27 bits per heavy atom. The second-order valence-electron chi connectivity index (χ2n) is 9.14. The van der Waals surface area contributed by atoms with Gasteiger partial charge in [-0.1, -0.05) is 45.4 Å². The van der Waals surface area contributed by atoms with Gasteiger partial charge in [0, 0.05) is 16.8 Å². The molecule has 0 radical (unpaired) electrons. The Labute approximate surface area is 185 Å². The Balaban J connectivity index is 1.50. The van der Waals surface area contributed by atoms with Crippen LogP contribution < -0.4 is 5.32 Å². The monoisotopic (exact) mass is 443 g/mol. The van der Waals surface area contributed by atoms with Gasteiger partial charge in [-0.25, -0.2) is 4.98 Å². The van der Waals surface area contributed by atoms with Crippen LogP contribution in [-0.4, -0.2) is 37.3 Å². The van der Waals surface area contributed by atoms with E-state index in [0.29, 0.717) is 11.8 Å². The van der Waals surface area contributed by atoms with Crippen LogP contribution in [0.5, 0.6) is 0 Å². The molecule has 30 heavy (non-hydrogen) atoms. The van der Waals surface area contributed by atoms with Crippen LogP contribution in [0.25, 0.3) is 15.9 Å². The summed E-state index contributed by atoms with van der Waals surface area (Å²) in [6.07, 6.45) is 8.09. The highest BCUT2D eigenvalue weighted by Crippen LogP contribution is 2.40. The van der Waals surface area contributed by atoms with Crippen molar-refractivity contribution >= 4 is 44.9 Å². The van der Waals surface area contributed by atoms with E-state index in [4.69, 9.17) is 4.98 Å². The number of carbonyl (C=O) groups is 1. The number of hydrogen-bond donors (Lipinski definition) is 1. The molecule has 0 aliphatic heterocycles. The zero-order valence-corrected chi connectivity index (χ0v) is 19.5. The summed E-state index contributed by atoms with van der Waals surface area (Å²) in [5.74, 6) is 2.41. The Bertz CT molecular complexity index is 1100. The zero-order valence-electron chi connectivity index (χ0n) is 17.9. The Morgan fingerprint density at radius 3 is 2.83 bits per heavy atom. The molecule has 5 rings (SSSR count). The molecule has 0 bridgehead atoms. The minimum Gasteiger partial charge on any atom is -0.353 e. The molecule has 1 saturated carbocycles. The Kier molecular flexibility index (Phi) is 5.47. The highest BCUT2D eigenvalue weighted by Gasteiger charge is 2.26. The maximum absolute atomic E-state index is 12.4. The summed E-state index contributed by atoms with van der Waals surface area (Å²) in [6, 6.07) is 0.348. The van der Waals surface area contributed by atoms with E-state index in [1.807, 2.05) is 11.3 Å². The number of aryl methyl sites for hydroxylation is 1. The molecule has 0 saturated heterocycles. The van der Waals surface area contributed by atoms with E-state index in [2.05, 4.69) is 40.7 Å². The molecule has 2 aliphatic carbocycles. The van der Waals surface area contributed by atoms with Crippen LogP contribution in [0.3, 0.4) is 0 Å². The highest BCUT2D eigenvalue weighted by atomic mass is 32.2. The van der Waals surface area contributed by atoms with Crippen molar-refractivity contribution in [3.8, 4) is 0 Å². The SMILES string of the molecule is CC(C)c1nc2sc3c(c2c2nnc(SCC(=O)NC4CCCC4)n12)CC[C@@H](C)C3. The fourth-order valence-electron chi connectivity index (χ4n) is 4.79. The fourth-order valence-corrected chi connectivity index (χ4v) is 6.92. The number of thioether (sulfide) groups is 1. The van der Waals surface area contributed by atoms with E-state index in [-0.39, 0.29) is 11.8 Å². The number of nitrogens with one attached hydrogen (secondary N) is 1. The van der Waals surface area contributed by atoms with Crippen LogP contribution in [0.15, 0.2) is 5.16 Å². The van der Waals surface area contributed by atoms with Crippen molar-refractivity contribution in [2.45, 2.75) is 82.8 Å². The second-order valence-corrected chi connectivity index (χ2v) is 11.2. The predicted molar refractivity (Wildman–Crippen MR) is 123 cm³/mol. The number of hydrogen-bond acceptors (Lipinski definition) is 6. The Morgan fingerprint density at radius 2 is 2.07 bits per heavy atom. The number of carbonyl (C=O) groups excluding carboxylic acids is 1. The fraction of sp³-hybridized carbons (Fsp3) is 0.636. The summed E-state index contributed by atoms with van der Waals surface area (Å²) >= 11 is 3.30. The standard InChI is InChI=1S/C22H29N5OS2/c1-12(2)19-24-21-18(15-9-8-13(3)10-16(15)30-21)20-25-26-22(27(19)20)29-11-17(28)23-14-6-4-5-7-14/h12-14H,4-11H2,1-3H3,(H,23,28)/t13-/m1/s1. The smallest absolute Gasteiger partial charge is 0.230 e. The van der Waals surface area contributed by atoms with Gasteiger partial charge in [-0.3, -0.25) is 9.20 Å². The lowest BCUT2D eigenvalue weighted by atomic mass is 9.89. The third kappa shape index (κ3) is 3.62. The summed E-state index contributed by atoms with van der Waals surface area (Å²) in [7, 11) is 0. The van der Waals surface area contributed by atoms with Crippen LogP contribution in [-0.2, 0) is 17.6 Å². The van der Waals surface area contributed by atoms with E-state index >= 15 is 0 Å². The first-order valence-corrected chi connectivity index (χ1v) is 12.9. The molecule has 1 fully saturated rings. The number of amides is 1. The normalized spacial score (nSPS) is 19.8. The highest BCUT2D eigenvalue weighted by molar-refractivity contribution is 7.99. The molecule has 3 heterocycles. The van der Waals surface area contributed by atoms with Crippen molar-refractivity contribution in [3.05, 3.63) is 16.3 Å². The summed E-state index contributed by atoms with van der Waals surface area (Å²) in [4.78, 5) is 20.1. The van der Waals surface area contributed by atoms with Crippen molar-refractivity contribution < 1.29 is 4.79 Å². The second kappa shape index (κ2) is 8.11. The van der Waals surface area contributed by atoms with E-state index in [1.165, 1.54) is 46.9 Å². The first-order valence-electron chi connectivity index (χ1n) is 11.1. The molecule has 1 amide bonds. The Hall–Kier alpha value is -1.67. The lowest BCUT2D eigenvalue weighted by molar-refractivity contribution is -0.119. The summed E-state index contributed by atoms with van der Waals surface area (Å²) < 4.78 is 2.10. The van der Waals surface area contributed by atoms with Crippen LogP contribution >= 0.6 is 23.1 Å². The van der Waals surface area contributed by atoms with Gasteiger partial charge in [0.25, 0.3) is 0 Å². The van der Waals surface area contributed by atoms with Crippen molar-refractivity contribution in [1.29, 1.82) is 0 Å². The van der Waals surface area contributed by atoms with Gasteiger partial charge in [0.2, 0.25) is 5.91 Å². The number of nitrogens with zero attached hydrogens (tertiary/aromatic N) is 4. The minimum atomic E-state index is 0.0886. The van der Waals surface area contributed by atoms with Gasteiger partial charge >= 0.3 is 0 Å². The van der Waals surface area contributed by atoms with Crippen LogP contribution in [0.4, 0.5) is 0 Å². The van der Waals surface area contributed by atoms with Gasteiger partial charge in [-0.05, 0) is 43.6 Å². The molecule has 0 aromatic carbocycles. The number of aromatic nitrogens is 4. The molecular formula is C22H29N5OS2. The van der Waals surface area contributed by atoms with Gasteiger partial charge in [-0.2, -0.15) is 0 Å². The largest absolute Gasteiger partial charge is 0.353 e. The molecule has 3 aromatic rings. The molecule has 160 valence electrons. The summed E-state index contributed by atoms with van der Waals surface area (Å²) in [5.41, 5.74) is 2.33. The van der Waals surface area contributed by atoms with Crippen molar-refractivity contribution in [2.24, 2.45) is 5.92 Å². The van der Waals surface area contributed by atoms with E-state index in [0.717, 1.165) is 53.1 Å². The first-order chi connectivity index (χ1) is 14.5. The lowest BCUT2D eigenvalue weighted by Gasteiger charge is -2.17. The molecule has 1 atom stereocenters. The molecule has 0 spiro atoms. The number of rotatable bonds is 5. The predicted octanol–water partition coefficient (Wildman–Crippen LogP) is 4.74. The van der Waals surface area contributed by atoms with Gasteiger partial charge in [0.05, 0.1) is 11.1 Å². The average molecular weight is 444 g/mol. The van der Waals surface area contributed by atoms with E-state index < -0.39 is 0 Å². The third-order valence-electron chi connectivity index (χ3n) is 6.36. The number of fused-ring (bicyclic) bond motifs is 5. The molecule has 8 heteroatoms. The quantitative estimate of drug-likeness (QED) is 0.577. The molecular weight excluding hydrogens is 414 g/mol.